The minimum absolute atomic E-state index is 0.908. The molecule has 10 heavy (non-hydrogen) atoms. The molecule has 0 atom stereocenters. The maximum atomic E-state index is 9.66. The van der Waals surface area contributed by atoms with Gasteiger partial charge in [-0.1, -0.05) is 30.3 Å². The molecule has 0 aliphatic carbocycles. The summed E-state index contributed by atoms with van der Waals surface area (Å²) in [7, 11) is 0. The van der Waals surface area contributed by atoms with Gasteiger partial charge in [-0.2, -0.15) is 0 Å². The number of nitrogens with zero attached hydrogens (tertiary/aromatic N) is 1. The Hall–Kier alpha value is -1.44. The molecule has 1 radical (unpaired) electrons. The van der Waals surface area contributed by atoms with Crippen molar-refractivity contribution in [2.24, 2.45) is 4.99 Å². The molecule has 1 aromatic carbocycles. The fraction of sp³-hybridized carbons (Fsp3) is 0. The molecule has 1 rings (SSSR count). The van der Waals surface area contributed by atoms with Crippen molar-refractivity contribution in [3.05, 3.63) is 35.9 Å². The molecule has 2 nitrogen and oxygen atoms in total. The standard InChI is InChI=1S/C8H6NO/c10-7-9-6-8-4-2-1-3-5-8/h1-6H. The van der Waals surface area contributed by atoms with E-state index in [-0.39, 0.29) is 0 Å². The van der Waals surface area contributed by atoms with Gasteiger partial charge in [-0.05, 0) is 5.56 Å². The molecule has 0 N–H and O–H groups in total. The maximum Gasteiger partial charge on any atom is 0.337 e. The molecule has 0 saturated heterocycles. The maximum absolute atomic E-state index is 9.66. The first-order valence-electron chi connectivity index (χ1n) is 2.89. The van der Waals surface area contributed by atoms with Gasteiger partial charge < -0.3 is 0 Å². The van der Waals surface area contributed by atoms with Crippen molar-refractivity contribution in [2.45, 2.75) is 0 Å². The van der Waals surface area contributed by atoms with E-state index in [1.165, 1.54) is 12.6 Å². The molecular formula is C8H6NO. The number of aliphatic imine (C=N–C) groups is 1. The van der Waals surface area contributed by atoms with Gasteiger partial charge in [0.2, 0.25) is 0 Å². The fourth-order valence-corrected chi connectivity index (χ4v) is 0.640. The Morgan fingerprint density at radius 1 is 1.30 bits per heavy atom. The summed E-state index contributed by atoms with van der Waals surface area (Å²) in [5.74, 6) is 0. The van der Waals surface area contributed by atoms with Crippen LogP contribution in [0.15, 0.2) is 35.3 Å². The van der Waals surface area contributed by atoms with Gasteiger partial charge in [0.1, 0.15) is 0 Å². The molecule has 0 saturated carbocycles. The average molecular weight is 132 g/mol. The summed E-state index contributed by atoms with van der Waals surface area (Å²) in [6.45, 7) is 0. The number of amides is 1. The van der Waals surface area contributed by atoms with Crippen molar-refractivity contribution in [2.75, 3.05) is 0 Å². The lowest BCUT2D eigenvalue weighted by atomic mass is 10.2. The Morgan fingerprint density at radius 2 is 2.00 bits per heavy atom. The van der Waals surface area contributed by atoms with Crippen LogP contribution in [0.5, 0.6) is 0 Å². The van der Waals surface area contributed by atoms with E-state index in [1.54, 1.807) is 0 Å². The Morgan fingerprint density at radius 3 is 2.60 bits per heavy atom. The summed E-state index contributed by atoms with van der Waals surface area (Å²) < 4.78 is 0. The second-order valence-electron chi connectivity index (χ2n) is 1.76. The molecule has 0 bridgehead atoms. The fourth-order valence-electron chi connectivity index (χ4n) is 0.640. The molecule has 0 unspecified atom stereocenters. The van der Waals surface area contributed by atoms with Crippen LogP contribution in [-0.2, 0) is 4.79 Å². The Kier molecular flexibility index (Phi) is 2.38. The van der Waals surface area contributed by atoms with E-state index in [4.69, 9.17) is 0 Å². The van der Waals surface area contributed by atoms with Gasteiger partial charge in [0, 0.05) is 6.21 Å². The summed E-state index contributed by atoms with van der Waals surface area (Å²) in [4.78, 5) is 13.0. The highest BCUT2D eigenvalue weighted by Crippen LogP contribution is 1.92. The molecular weight excluding hydrogens is 126 g/mol. The predicted octanol–water partition coefficient (Wildman–Crippen LogP) is 1.17. The first-order chi connectivity index (χ1) is 4.93. The van der Waals surface area contributed by atoms with Gasteiger partial charge in [-0.15, -0.1) is 0 Å². The second-order valence-corrected chi connectivity index (χ2v) is 1.76. The van der Waals surface area contributed by atoms with E-state index in [1.807, 2.05) is 30.3 Å². The van der Waals surface area contributed by atoms with E-state index in [0.717, 1.165) is 5.56 Å². The van der Waals surface area contributed by atoms with Crippen molar-refractivity contribution in [1.82, 2.24) is 0 Å². The lowest BCUT2D eigenvalue weighted by molar-refractivity contribution is 0.558. The summed E-state index contributed by atoms with van der Waals surface area (Å²) in [5, 5.41) is 0. The van der Waals surface area contributed by atoms with Gasteiger partial charge in [-0.25, -0.2) is 4.99 Å². The number of carbonyl (C=O) groups excluding carboxylic acids is 1. The Balaban J connectivity index is 2.76. The lowest BCUT2D eigenvalue weighted by Crippen LogP contribution is -1.77. The van der Waals surface area contributed by atoms with Gasteiger partial charge in [0.15, 0.2) is 0 Å². The summed E-state index contributed by atoms with van der Waals surface area (Å²) in [6.07, 6.45) is 2.90. The largest absolute Gasteiger partial charge is 0.337 e. The van der Waals surface area contributed by atoms with Gasteiger partial charge in [0.05, 0.1) is 0 Å². The van der Waals surface area contributed by atoms with Crippen molar-refractivity contribution in [3.63, 3.8) is 0 Å². The normalized spacial score (nSPS) is 10.0. The predicted molar refractivity (Wildman–Crippen MR) is 39.7 cm³/mol. The van der Waals surface area contributed by atoms with Crippen LogP contribution in [-0.4, -0.2) is 12.6 Å². The summed E-state index contributed by atoms with van der Waals surface area (Å²) in [5.41, 5.74) is 0.908. The van der Waals surface area contributed by atoms with E-state index in [0.29, 0.717) is 0 Å². The minimum Gasteiger partial charge on any atom is -0.261 e. The van der Waals surface area contributed by atoms with Crippen LogP contribution in [0.1, 0.15) is 5.56 Å². The van der Waals surface area contributed by atoms with Crippen molar-refractivity contribution in [3.8, 4) is 0 Å². The molecule has 0 spiro atoms. The lowest BCUT2D eigenvalue weighted by Gasteiger charge is -1.85. The average Bonchev–Trinajstić information content (AvgIpc) is 2.03. The zero-order chi connectivity index (χ0) is 7.23. The molecule has 49 valence electrons. The molecule has 0 aliphatic heterocycles. The molecule has 1 aromatic rings. The monoisotopic (exact) mass is 132 g/mol. The third kappa shape index (κ3) is 1.82. The van der Waals surface area contributed by atoms with E-state index in [9.17, 15) is 4.79 Å². The zero-order valence-corrected chi connectivity index (χ0v) is 5.32. The molecule has 1 amide bonds. The number of benzene rings is 1. The van der Waals surface area contributed by atoms with Crippen molar-refractivity contribution in [1.29, 1.82) is 0 Å². The highest BCUT2D eigenvalue weighted by Gasteiger charge is 1.80. The highest BCUT2D eigenvalue weighted by molar-refractivity contribution is 5.84. The second kappa shape index (κ2) is 3.56. The topological polar surface area (TPSA) is 29.4 Å². The van der Waals surface area contributed by atoms with Crippen LogP contribution in [0.25, 0.3) is 0 Å². The zero-order valence-electron chi connectivity index (χ0n) is 5.32. The van der Waals surface area contributed by atoms with E-state index in [2.05, 4.69) is 4.99 Å². The van der Waals surface area contributed by atoms with Crippen LogP contribution in [0.4, 0.5) is 0 Å². The number of rotatable bonds is 2. The SMILES string of the molecule is O=[C]N=Cc1ccccc1. The Labute approximate surface area is 59.2 Å². The van der Waals surface area contributed by atoms with Gasteiger partial charge >= 0.3 is 6.41 Å². The van der Waals surface area contributed by atoms with Gasteiger partial charge in [0.25, 0.3) is 0 Å². The number of hydrogen-bond donors (Lipinski definition) is 0. The molecule has 0 aliphatic rings. The molecule has 0 fully saturated rings. The quantitative estimate of drug-likeness (QED) is 0.555. The van der Waals surface area contributed by atoms with Crippen LogP contribution in [0, 0.1) is 0 Å². The minimum atomic E-state index is 0.908. The van der Waals surface area contributed by atoms with Crippen molar-refractivity contribution < 1.29 is 4.79 Å². The van der Waals surface area contributed by atoms with E-state index >= 15 is 0 Å². The smallest absolute Gasteiger partial charge is 0.261 e. The first kappa shape index (κ1) is 6.68. The van der Waals surface area contributed by atoms with Gasteiger partial charge in [-0.3, -0.25) is 4.79 Å². The third-order valence-electron chi connectivity index (χ3n) is 1.07. The summed E-state index contributed by atoms with van der Waals surface area (Å²) in [6, 6.07) is 9.39. The Bertz CT molecular complexity index is 228. The first-order valence-corrected chi connectivity index (χ1v) is 2.89. The molecule has 2 heteroatoms. The number of hydrogen-bond acceptors (Lipinski definition) is 1. The molecule has 0 aromatic heterocycles. The van der Waals surface area contributed by atoms with Crippen LogP contribution in [0.3, 0.4) is 0 Å². The third-order valence-corrected chi connectivity index (χ3v) is 1.07. The molecule has 0 heterocycles. The van der Waals surface area contributed by atoms with Crippen LogP contribution < -0.4 is 0 Å². The highest BCUT2D eigenvalue weighted by atomic mass is 16.1. The van der Waals surface area contributed by atoms with Crippen LogP contribution >= 0.6 is 0 Å². The van der Waals surface area contributed by atoms with Crippen LogP contribution in [0.2, 0.25) is 0 Å². The summed E-state index contributed by atoms with van der Waals surface area (Å²) >= 11 is 0. The van der Waals surface area contributed by atoms with Crippen molar-refractivity contribution >= 4 is 12.6 Å². The van der Waals surface area contributed by atoms with E-state index < -0.39 is 0 Å².